The maximum absolute atomic E-state index is 12.2. The molecule has 0 saturated heterocycles. The number of hydrogen-bond donors (Lipinski definition) is 1. The number of carboxylic acids is 1. The van der Waals surface area contributed by atoms with Crippen molar-refractivity contribution in [3.05, 3.63) is 11.6 Å². The third-order valence-electron chi connectivity index (χ3n) is 8.59. The van der Waals surface area contributed by atoms with Gasteiger partial charge in [0.05, 0.1) is 0 Å². The van der Waals surface area contributed by atoms with Crippen molar-refractivity contribution < 1.29 is 29.0 Å². The zero-order chi connectivity index (χ0) is 20.8. The number of fused-ring (bicyclic) bond motifs is 5. The summed E-state index contributed by atoms with van der Waals surface area (Å²) in [5.74, 6) is 0.502. The Kier molecular flexibility index (Phi) is 5.34. The van der Waals surface area contributed by atoms with Crippen molar-refractivity contribution in [2.75, 3.05) is 13.2 Å². The first-order chi connectivity index (χ1) is 13.7. The van der Waals surface area contributed by atoms with Gasteiger partial charge in [-0.3, -0.25) is 4.79 Å². The lowest BCUT2D eigenvalue weighted by molar-refractivity contribution is -0.166. The number of carbonyl (C=O) groups excluding carboxylic acids is 2. The molecule has 3 fully saturated rings. The van der Waals surface area contributed by atoms with Gasteiger partial charge < -0.3 is 14.6 Å². The van der Waals surface area contributed by atoms with E-state index in [-0.39, 0.29) is 29.3 Å². The summed E-state index contributed by atoms with van der Waals surface area (Å²) < 4.78 is 10.7. The molecule has 160 valence electrons. The summed E-state index contributed by atoms with van der Waals surface area (Å²) >= 11 is 0. The van der Waals surface area contributed by atoms with Crippen molar-refractivity contribution in [3.8, 4) is 0 Å². The van der Waals surface area contributed by atoms with Crippen LogP contribution < -0.4 is 0 Å². The summed E-state index contributed by atoms with van der Waals surface area (Å²) in [6.45, 7) is 3.85. The fourth-order valence-electron chi connectivity index (χ4n) is 7.12. The number of aliphatic carboxylic acids is 1. The van der Waals surface area contributed by atoms with E-state index < -0.39 is 18.5 Å². The van der Waals surface area contributed by atoms with Crippen LogP contribution in [0.25, 0.3) is 0 Å². The van der Waals surface area contributed by atoms with Crippen LogP contribution in [0.3, 0.4) is 0 Å². The topological polar surface area (TPSA) is 89.9 Å². The average molecular weight is 405 g/mol. The van der Waals surface area contributed by atoms with Gasteiger partial charge >= 0.3 is 11.9 Å². The molecule has 0 aromatic heterocycles. The number of ether oxygens (including phenoxy) is 2. The van der Waals surface area contributed by atoms with Crippen LogP contribution in [0.1, 0.15) is 65.2 Å². The summed E-state index contributed by atoms with van der Waals surface area (Å²) in [6, 6.07) is 0. The Morgan fingerprint density at radius 1 is 1.07 bits per heavy atom. The number of carboxylic acid groups (broad SMARTS) is 1. The molecule has 3 saturated carbocycles. The maximum Gasteiger partial charge on any atom is 0.332 e. The van der Waals surface area contributed by atoms with Gasteiger partial charge in [-0.15, -0.1) is 0 Å². The summed E-state index contributed by atoms with van der Waals surface area (Å²) in [7, 11) is 0. The molecule has 0 aromatic rings. The Morgan fingerprint density at radius 2 is 1.86 bits per heavy atom. The van der Waals surface area contributed by atoms with Crippen molar-refractivity contribution in [1.82, 2.24) is 0 Å². The number of carbonyl (C=O) groups is 3. The molecule has 0 amide bonds. The van der Waals surface area contributed by atoms with Crippen LogP contribution >= 0.6 is 0 Å². The molecule has 4 aliphatic rings. The number of ketones is 1. The molecule has 0 bridgehead atoms. The third-order valence-corrected chi connectivity index (χ3v) is 8.59. The largest absolute Gasteiger partial charge is 0.480 e. The highest BCUT2D eigenvalue weighted by Gasteiger charge is 2.59. The molecule has 4 aliphatic carbocycles. The lowest BCUT2D eigenvalue weighted by atomic mass is 9.47. The normalized spacial score (nSPS) is 41.0. The molecular weight excluding hydrogens is 372 g/mol. The van der Waals surface area contributed by atoms with Gasteiger partial charge in [0.15, 0.2) is 5.78 Å². The molecule has 0 spiro atoms. The van der Waals surface area contributed by atoms with Crippen LogP contribution in [0, 0.1) is 28.6 Å². The molecule has 6 unspecified atom stereocenters. The van der Waals surface area contributed by atoms with E-state index in [1.54, 1.807) is 0 Å². The number of hydrogen-bond acceptors (Lipinski definition) is 5. The van der Waals surface area contributed by atoms with E-state index in [1.165, 1.54) is 5.57 Å². The molecule has 0 aromatic carbocycles. The first-order valence-electron chi connectivity index (χ1n) is 11.0. The highest BCUT2D eigenvalue weighted by molar-refractivity contribution is 5.91. The molecule has 0 aliphatic heterocycles. The van der Waals surface area contributed by atoms with E-state index in [0.29, 0.717) is 24.2 Å². The third kappa shape index (κ3) is 3.54. The molecule has 4 rings (SSSR count). The Bertz CT molecular complexity index is 742. The summed E-state index contributed by atoms with van der Waals surface area (Å²) in [4.78, 5) is 34.7. The van der Waals surface area contributed by atoms with Crippen molar-refractivity contribution in [3.63, 3.8) is 0 Å². The summed E-state index contributed by atoms with van der Waals surface area (Å²) in [5, 5.41) is 8.63. The van der Waals surface area contributed by atoms with Gasteiger partial charge in [0, 0.05) is 11.8 Å². The maximum atomic E-state index is 12.2. The van der Waals surface area contributed by atoms with E-state index in [9.17, 15) is 14.4 Å². The average Bonchev–Trinajstić information content (AvgIpc) is 2.98. The van der Waals surface area contributed by atoms with E-state index in [4.69, 9.17) is 14.6 Å². The number of rotatable bonds is 5. The van der Waals surface area contributed by atoms with Gasteiger partial charge in [-0.25, -0.2) is 9.59 Å². The van der Waals surface area contributed by atoms with Crippen LogP contribution in [0.4, 0.5) is 0 Å². The molecule has 0 radical (unpaired) electrons. The van der Waals surface area contributed by atoms with Crippen molar-refractivity contribution >= 4 is 17.7 Å². The van der Waals surface area contributed by atoms with Crippen LogP contribution in [0.5, 0.6) is 0 Å². The highest BCUT2D eigenvalue weighted by Crippen LogP contribution is 2.65. The van der Waals surface area contributed by atoms with Crippen molar-refractivity contribution in [1.29, 1.82) is 0 Å². The minimum absolute atomic E-state index is 0.0221. The lowest BCUT2D eigenvalue weighted by Crippen LogP contribution is -2.51. The number of esters is 1. The first-order valence-corrected chi connectivity index (χ1v) is 11.0. The Hall–Kier alpha value is -1.69. The second kappa shape index (κ2) is 7.53. The van der Waals surface area contributed by atoms with Gasteiger partial charge in [-0.2, -0.15) is 0 Å². The Labute approximate surface area is 172 Å². The van der Waals surface area contributed by atoms with Crippen LogP contribution in [-0.2, 0) is 23.9 Å². The molecular formula is C23H32O6. The second-order valence-electron chi connectivity index (χ2n) is 9.96. The van der Waals surface area contributed by atoms with Gasteiger partial charge in [0.1, 0.15) is 19.3 Å². The molecule has 6 nitrogen and oxygen atoms in total. The zero-order valence-corrected chi connectivity index (χ0v) is 17.4. The predicted octanol–water partition coefficient (Wildman–Crippen LogP) is 3.53. The molecule has 0 heterocycles. The van der Waals surface area contributed by atoms with E-state index in [1.807, 2.05) is 6.08 Å². The van der Waals surface area contributed by atoms with Gasteiger partial charge in [-0.05, 0) is 74.2 Å². The van der Waals surface area contributed by atoms with Crippen LogP contribution in [0.2, 0.25) is 0 Å². The molecule has 29 heavy (non-hydrogen) atoms. The van der Waals surface area contributed by atoms with E-state index in [2.05, 4.69) is 13.8 Å². The second-order valence-corrected chi connectivity index (χ2v) is 9.96. The molecule has 6 atom stereocenters. The predicted molar refractivity (Wildman–Crippen MR) is 105 cm³/mol. The lowest BCUT2D eigenvalue weighted by Gasteiger charge is -2.57. The van der Waals surface area contributed by atoms with Gasteiger partial charge in [0.2, 0.25) is 0 Å². The quantitative estimate of drug-likeness (QED) is 0.705. The highest BCUT2D eigenvalue weighted by atomic mass is 16.6. The van der Waals surface area contributed by atoms with Gasteiger partial charge in [0.25, 0.3) is 0 Å². The monoisotopic (exact) mass is 404 g/mol. The minimum Gasteiger partial charge on any atom is -0.480 e. The standard InChI is InChI=1S/C23H32O6/c1-22-9-7-15(24)11-14(22)3-4-16-17-5-6-19(23(17,2)10-8-18(16)22)29-21(27)13-28-12-20(25)26/h11,16-19H,3-10,12-13H2,1-2H3,(H,25,26). The van der Waals surface area contributed by atoms with E-state index >= 15 is 0 Å². The summed E-state index contributed by atoms with van der Waals surface area (Å²) in [5.41, 5.74) is 1.50. The Morgan fingerprint density at radius 3 is 2.62 bits per heavy atom. The van der Waals surface area contributed by atoms with Gasteiger partial charge in [-0.1, -0.05) is 19.4 Å². The minimum atomic E-state index is -1.09. The first kappa shape index (κ1) is 20.6. The SMILES string of the molecule is CC12CCC(=O)C=C1CCC1C2CCC2(C)C(OC(=O)COCC(=O)O)CCC12. The smallest absolute Gasteiger partial charge is 0.332 e. The van der Waals surface area contributed by atoms with Crippen LogP contribution in [0.15, 0.2) is 11.6 Å². The fourth-order valence-corrected chi connectivity index (χ4v) is 7.12. The Balaban J connectivity index is 1.45. The molecule has 6 heteroatoms. The van der Waals surface area contributed by atoms with E-state index in [0.717, 1.165) is 44.9 Å². The molecule has 1 N–H and O–H groups in total. The van der Waals surface area contributed by atoms with Crippen LogP contribution in [-0.4, -0.2) is 42.1 Å². The van der Waals surface area contributed by atoms with Crippen molar-refractivity contribution in [2.45, 2.75) is 71.3 Å². The fraction of sp³-hybridized carbons (Fsp3) is 0.783. The van der Waals surface area contributed by atoms with Crippen molar-refractivity contribution in [2.24, 2.45) is 28.6 Å². The number of allylic oxidation sites excluding steroid dienone is 1. The zero-order valence-electron chi connectivity index (χ0n) is 17.4. The summed E-state index contributed by atoms with van der Waals surface area (Å²) in [6.07, 6.45) is 9.69.